The van der Waals surface area contributed by atoms with Crippen molar-refractivity contribution in [3.05, 3.63) is 38.9 Å². The fraction of sp³-hybridized carbons (Fsp3) is 0.333. The van der Waals surface area contributed by atoms with Crippen LogP contribution in [0.2, 0.25) is 5.02 Å². The van der Waals surface area contributed by atoms with Crippen LogP contribution in [-0.2, 0) is 5.60 Å². The molecule has 5 heteroatoms. The first-order chi connectivity index (χ1) is 6.54. The van der Waals surface area contributed by atoms with Gasteiger partial charge in [-0.2, -0.15) is 0 Å². The van der Waals surface area contributed by atoms with E-state index in [-0.39, 0.29) is 10.7 Å². The van der Waals surface area contributed by atoms with Gasteiger partial charge in [0.15, 0.2) is 0 Å². The summed E-state index contributed by atoms with van der Waals surface area (Å²) in [4.78, 5) is 10.0. The molecule has 1 aromatic carbocycles. The van der Waals surface area contributed by atoms with Gasteiger partial charge in [0.1, 0.15) is 5.02 Å². The van der Waals surface area contributed by atoms with E-state index in [0.717, 1.165) is 0 Å². The van der Waals surface area contributed by atoms with Crippen molar-refractivity contribution < 1.29 is 10.0 Å². The highest BCUT2D eigenvalue weighted by Crippen LogP contribution is 2.49. The summed E-state index contributed by atoms with van der Waals surface area (Å²) in [6.45, 7) is 0. The summed E-state index contributed by atoms with van der Waals surface area (Å²) in [5.74, 6) is 0. The maximum atomic E-state index is 10.6. The minimum Gasteiger partial charge on any atom is -0.385 e. The Balaban J connectivity index is 2.52. The van der Waals surface area contributed by atoms with E-state index in [1.54, 1.807) is 6.07 Å². The maximum Gasteiger partial charge on any atom is 0.288 e. The van der Waals surface area contributed by atoms with E-state index in [4.69, 9.17) is 11.6 Å². The number of benzene rings is 1. The van der Waals surface area contributed by atoms with Crippen LogP contribution in [0, 0.1) is 10.1 Å². The number of hydrogen-bond donors (Lipinski definition) is 1. The van der Waals surface area contributed by atoms with Crippen molar-refractivity contribution in [2.24, 2.45) is 0 Å². The third kappa shape index (κ3) is 1.36. The first-order valence-corrected chi connectivity index (χ1v) is 4.58. The second kappa shape index (κ2) is 2.93. The first-order valence-electron chi connectivity index (χ1n) is 4.20. The highest BCUT2D eigenvalue weighted by molar-refractivity contribution is 6.33. The number of rotatable bonds is 2. The van der Waals surface area contributed by atoms with Crippen molar-refractivity contribution in [2.45, 2.75) is 18.4 Å². The molecule has 0 amide bonds. The van der Waals surface area contributed by atoms with E-state index >= 15 is 0 Å². The van der Waals surface area contributed by atoms with E-state index in [9.17, 15) is 15.2 Å². The second-order valence-electron chi connectivity index (χ2n) is 3.43. The SMILES string of the molecule is O=[N+]([O-])c1cccc(C2(O)CC2)c1Cl. The van der Waals surface area contributed by atoms with Crippen LogP contribution in [0.3, 0.4) is 0 Å². The van der Waals surface area contributed by atoms with Crippen molar-refractivity contribution >= 4 is 17.3 Å². The third-order valence-corrected chi connectivity index (χ3v) is 2.80. The minimum absolute atomic E-state index is 0.0532. The Kier molecular flexibility index (Phi) is 1.97. The fourth-order valence-corrected chi connectivity index (χ4v) is 1.78. The van der Waals surface area contributed by atoms with Gasteiger partial charge in [-0.05, 0) is 12.8 Å². The molecule has 4 nitrogen and oxygen atoms in total. The number of hydrogen-bond acceptors (Lipinski definition) is 3. The van der Waals surface area contributed by atoms with Crippen LogP contribution >= 0.6 is 11.6 Å². The Bertz CT molecular complexity index is 401. The molecule has 0 heterocycles. The lowest BCUT2D eigenvalue weighted by Crippen LogP contribution is -2.06. The van der Waals surface area contributed by atoms with Gasteiger partial charge in [-0.25, -0.2) is 0 Å². The Labute approximate surface area is 85.3 Å². The molecule has 0 unspecified atom stereocenters. The molecule has 0 spiro atoms. The molecule has 74 valence electrons. The van der Waals surface area contributed by atoms with Gasteiger partial charge in [-0.15, -0.1) is 0 Å². The van der Waals surface area contributed by atoms with Crippen LogP contribution in [0.15, 0.2) is 18.2 Å². The van der Waals surface area contributed by atoms with Crippen LogP contribution < -0.4 is 0 Å². The van der Waals surface area contributed by atoms with Crippen LogP contribution in [0.1, 0.15) is 18.4 Å². The molecule has 1 fully saturated rings. The molecule has 14 heavy (non-hydrogen) atoms. The first kappa shape index (κ1) is 9.43. The normalized spacial score (nSPS) is 17.9. The molecule has 0 saturated heterocycles. The summed E-state index contributed by atoms with van der Waals surface area (Å²) < 4.78 is 0. The van der Waals surface area contributed by atoms with Crippen LogP contribution in [0.4, 0.5) is 5.69 Å². The summed E-state index contributed by atoms with van der Waals surface area (Å²) in [7, 11) is 0. The molecule has 0 aromatic heterocycles. The standard InChI is InChI=1S/C9H8ClNO3/c10-8-6(9(12)4-5-9)2-1-3-7(8)11(13)14/h1-3,12H,4-5H2. The molecule has 1 N–H and O–H groups in total. The van der Waals surface area contributed by atoms with Gasteiger partial charge in [-0.1, -0.05) is 23.7 Å². The lowest BCUT2D eigenvalue weighted by atomic mass is 10.1. The quantitative estimate of drug-likeness (QED) is 0.605. The molecule has 1 aliphatic rings. The Morgan fingerprint density at radius 3 is 2.64 bits per heavy atom. The van der Waals surface area contributed by atoms with Gasteiger partial charge in [-0.3, -0.25) is 10.1 Å². The zero-order valence-electron chi connectivity index (χ0n) is 7.24. The van der Waals surface area contributed by atoms with Crippen molar-refractivity contribution in [3.63, 3.8) is 0 Å². The number of aliphatic hydroxyl groups is 1. The Hall–Kier alpha value is -1.13. The van der Waals surface area contributed by atoms with Crippen molar-refractivity contribution in [3.8, 4) is 0 Å². The molecule has 1 saturated carbocycles. The monoisotopic (exact) mass is 213 g/mol. The third-order valence-electron chi connectivity index (χ3n) is 2.40. The largest absolute Gasteiger partial charge is 0.385 e. The lowest BCUT2D eigenvalue weighted by molar-refractivity contribution is -0.384. The molecule has 0 atom stereocenters. The van der Waals surface area contributed by atoms with Crippen molar-refractivity contribution in [1.82, 2.24) is 0 Å². The summed E-state index contributed by atoms with van der Waals surface area (Å²) in [5, 5.41) is 20.4. The summed E-state index contributed by atoms with van der Waals surface area (Å²) in [6.07, 6.45) is 1.24. The predicted molar refractivity (Wildman–Crippen MR) is 51.2 cm³/mol. The molecule has 0 radical (unpaired) electrons. The van der Waals surface area contributed by atoms with E-state index in [0.29, 0.717) is 18.4 Å². The van der Waals surface area contributed by atoms with Crippen LogP contribution in [0.5, 0.6) is 0 Å². The molecule has 0 aliphatic heterocycles. The van der Waals surface area contributed by atoms with Crippen molar-refractivity contribution in [1.29, 1.82) is 0 Å². The second-order valence-corrected chi connectivity index (χ2v) is 3.81. The zero-order chi connectivity index (χ0) is 10.3. The number of nitrogens with zero attached hydrogens (tertiary/aromatic N) is 1. The molecular formula is C9H8ClNO3. The van der Waals surface area contributed by atoms with E-state index in [1.807, 2.05) is 0 Å². The van der Waals surface area contributed by atoms with Crippen LogP contribution in [0.25, 0.3) is 0 Å². The average molecular weight is 214 g/mol. The average Bonchev–Trinajstić information content (AvgIpc) is 2.84. The van der Waals surface area contributed by atoms with Crippen LogP contribution in [-0.4, -0.2) is 10.0 Å². The van der Waals surface area contributed by atoms with Gasteiger partial charge in [0.25, 0.3) is 5.69 Å². The zero-order valence-corrected chi connectivity index (χ0v) is 7.99. The molecule has 1 aromatic rings. The Morgan fingerprint density at radius 2 is 2.14 bits per heavy atom. The van der Waals surface area contributed by atoms with Crippen molar-refractivity contribution in [2.75, 3.05) is 0 Å². The number of nitro benzene ring substituents is 1. The molecule has 1 aliphatic carbocycles. The summed E-state index contributed by atoms with van der Waals surface area (Å²) in [6, 6.07) is 4.50. The molecular weight excluding hydrogens is 206 g/mol. The Morgan fingerprint density at radius 1 is 1.50 bits per heavy atom. The molecule has 2 rings (SSSR count). The van der Waals surface area contributed by atoms with Gasteiger partial charge >= 0.3 is 0 Å². The topological polar surface area (TPSA) is 63.4 Å². The molecule has 0 bridgehead atoms. The smallest absolute Gasteiger partial charge is 0.288 e. The van der Waals surface area contributed by atoms with Gasteiger partial charge in [0.2, 0.25) is 0 Å². The lowest BCUT2D eigenvalue weighted by Gasteiger charge is -2.09. The predicted octanol–water partition coefficient (Wildman–Crippen LogP) is 2.23. The van der Waals surface area contributed by atoms with E-state index < -0.39 is 10.5 Å². The fourth-order valence-electron chi connectivity index (χ4n) is 1.41. The van der Waals surface area contributed by atoms with Gasteiger partial charge in [0, 0.05) is 11.6 Å². The summed E-state index contributed by atoms with van der Waals surface area (Å²) >= 11 is 5.83. The number of nitro groups is 1. The van der Waals surface area contributed by atoms with E-state index in [2.05, 4.69) is 0 Å². The summed E-state index contributed by atoms with van der Waals surface area (Å²) in [5.41, 5.74) is -0.610. The van der Waals surface area contributed by atoms with Gasteiger partial charge in [0.05, 0.1) is 10.5 Å². The minimum atomic E-state index is -0.927. The highest BCUT2D eigenvalue weighted by Gasteiger charge is 2.44. The highest BCUT2D eigenvalue weighted by atomic mass is 35.5. The maximum absolute atomic E-state index is 10.6. The van der Waals surface area contributed by atoms with E-state index in [1.165, 1.54) is 12.1 Å². The van der Waals surface area contributed by atoms with Gasteiger partial charge < -0.3 is 5.11 Å². The number of halogens is 1.